The SMILES string of the molecule is COC(=O)C(O)Cn1cc(-c2cc(C)cc(Nc3nccc(C(F)(F)F)n3)c2)cn1. The normalized spacial score (nSPS) is 12.5. The number of hydrogen-bond acceptors (Lipinski definition) is 7. The lowest BCUT2D eigenvalue weighted by Crippen LogP contribution is -2.27. The molecule has 0 fully saturated rings. The molecule has 0 amide bonds. The number of aliphatic hydroxyl groups excluding tert-OH is 1. The minimum atomic E-state index is -4.57. The van der Waals surface area contributed by atoms with E-state index in [1.54, 1.807) is 24.5 Å². The Labute approximate surface area is 169 Å². The second kappa shape index (κ2) is 8.49. The second-order valence-electron chi connectivity index (χ2n) is 6.47. The number of methoxy groups -OCH3 is 1. The van der Waals surface area contributed by atoms with E-state index in [1.165, 1.54) is 11.8 Å². The molecular formula is C19H18F3N5O3. The quantitative estimate of drug-likeness (QED) is 0.590. The number of carbonyl (C=O) groups excluding carboxylic acids is 1. The molecule has 2 aromatic heterocycles. The Morgan fingerprint density at radius 2 is 2.07 bits per heavy atom. The van der Waals surface area contributed by atoms with E-state index in [0.29, 0.717) is 11.3 Å². The zero-order chi connectivity index (χ0) is 21.9. The lowest BCUT2D eigenvalue weighted by atomic mass is 10.1. The van der Waals surface area contributed by atoms with Gasteiger partial charge in [0.15, 0.2) is 6.10 Å². The fourth-order valence-electron chi connectivity index (χ4n) is 2.73. The largest absolute Gasteiger partial charge is 0.467 e. The monoisotopic (exact) mass is 421 g/mol. The zero-order valence-corrected chi connectivity index (χ0v) is 16.0. The van der Waals surface area contributed by atoms with Crippen LogP contribution >= 0.6 is 0 Å². The Hall–Kier alpha value is -3.47. The highest BCUT2D eigenvalue weighted by molar-refractivity contribution is 5.74. The van der Waals surface area contributed by atoms with Gasteiger partial charge in [0.25, 0.3) is 0 Å². The third kappa shape index (κ3) is 5.11. The first-order chi connectivity index (χ1) is 14.2. The number of hydrogen-bond donors (Lipinski definition) is 2. The van der Waals surface area contributed by atoms with Crippen LogP contribution in [0, 0.1) is 6.92 Å². The Bertz CT molecular complexity index is 1050. The number of rotatable bonds is 6. The van der Waals surface area contributed by atoms with Gasteiger partial charge in [0.05, 0.1) is 19.9 Å². The molecule has 1 atom stereocenters. The summed E-state index contributed by atoms with van der Waals surface area (Å²) in [6, 6.07) is 6.09. The molecule has 158 valence electrons. The van der Waals surface area contributed by atoms with Crippen molar-refractivity contribution in [2.45, 2.75) is 25.7 Å². The molecule has 0 saturated heterocycles. The average Bonchev–Trinajstić information content (AvgIpc) is 3.15. The number of anilines is 2. The van der Waals surface area contributed by atoms with Gasteiger partial charge in [-0.25, -0.2) is 14.8 Å². The molecule has 0 spiro atoms. The van der Waals surface area contributed by atoms with Crippen molar-refractivity contribution in [2.75, 3.05) is 12.4 Å². The van der Waals surface area contributed by atoms with Gasteiger partial charge in [-0.2, -0.15) is 18.3 Å². The molecule has 3 rings (SSSR count). The first-order valence-electron chi connectivity index (χ1n) is 8.73. The number of aliphatic hydroxyl groups is 1. The van der Waals surface area contributed by atoms with E-state index in [0.717, 1.165) is 23.4 Å². The van der Waals surface area contributed by atoms with Gasteiger partial charge >= 0.3 is 12.1 Å². The molecule has 8 nitrogen and oxygen atoms in total. The predicted molar refractivity (Wildman–Crippen MR) is 101 cm³/mol. The van der Waals surface area contributed by atoms with Crippen molar-refractivity contribution in [2.24, 2.45) is 0 Å². The fraction of sp³-hybridized carbons (Fsp3) is 0.263. The van der Waals surface area contributed by atoms with Crippen molar-refractivity contribution in [3.8, 4) is 11.1 Å². The number of benzene rings is 1. The first kappa shape index (κ1) is 21.2. The van der Waals surface area contributed by atoms with Crippen molar-refractivity contribution < 1.29 is 27.8 Å². The summed E-state index contributed by atoms with van der Waals surface area (Å²) in [4.78, 5) is 18.7. The molecule has 1 aromatic carbocycles. The van der Waals surface area contributed by atoms with E-state index >= 15 is 0 Å². The maximum Gasteiger partial charge on any atom is 0.433 e. The number of alkyl halides is 3. The van der Waals surface area contributed by atoms with Crippen LogP contribution in [0.1, 0.15) is 11.3 Å². The number of nitrogens with zero attached hydrogens (tertiary/aromatic N) is 4. The van der Waals surface area contributed by atoms with Gasteiger partial charge < -0.3 is 15.2 Å². The number of aromatic nitrogens is 4. The molecule has 0 aliphatic rings. The van der Waals surface area contributed by atoms with E-state index in [-0.39, 0.29) is 12.5 Å². The number of carbonyl (C=O) groups is 1. The maximum absolute atomic E-state index is 12.8. The van der Waals surface area contributed by atoms with Crippen molar-refractivity contribution >= 4 is 17.6 Å². The van der Waals surface area contributed by atoms with E-state index < -0.39 is 23.9 Å². The molecule has 0 bridgehead atoms. The maximum atomic E-state index is 12.8. The van der Waals surface area contributed by atoms with Crippen LogP contribution in [0.5, 0.6) is 0 Å². The zero-order valence-electron chi connectivity index (χ0n) is 16.0. The number of esters is 1. The van der Waals surface area contributed by atoms with Crippen molar-refractivity contribution in [1.82, 2.24) is 19.7 Å². The van der Waals surface area contributed by atoms with Crippen molar-refractivity contribution in [3.63, 3.8) is 0 Å². The molecule has 2 N–H and O–H groups in total. The summed E-state index contributed by atoms with van der Waals surface area (Å²) in [7, 11) is 1.18. The van der Waals surface area contributed by atoms with Crippen LogP contribution in [-0.4, -0.2) is 44.0 Å². The van der Waals surface area contributed by atoms with Gasteiger partial charge in [-0.1, -0.05) is 6.07 Å². The molecule has 11 heteroatoms. The molecular weight excluding hydrogens is 403 g/mol. The highest BCUT2D eigenvalue weighted by Gasteiger charge is 2.32. The molecule has 1 unspecified atom stereocenters. The highest BCUT2D eigenvalue weighted by atomic mass is 19.4. The van der Waals surface area contributed by atoms with E-state index in [4.69, 9.17) is 0 Å². The minimum Gasteiger partial charge on any atom is -0.467 e. The molecule has 2 heterocycles. The molecule has 0 aliphatic heterocycles. The fourth-order valence-corrected chi connectivity index (χ4v) is 2.73. The summed E-state index contributed by atoms with van der Waals surface area (Å²) in [6.45, 7) is 1.74. The molecule has 30 heavy (non-hydrogen) atoms. The lowest BCUT2D eigenvalue weighted by Gasteiger charge is -2.10. The van der Waals surface area contributed by atoms with Gasteiger partial charge in [-0.3, -0.25) is 4.68 Å². The van der Waals surface area contributed by atoms with Crippen LogP contribution in [0.3, 0.4) is 0 Å². The summed E-state index contributed by atoms with van der Waals surface area (Å²) in [6.07, 6.45) is -1.71. The summed E-state index contributed by atoms with van der Waals surface area (Å²) in [5, 5.41) is 16.6. The van der Waals surface area contributed by atoms with Crippen LogP contribution < -0.4 is 5.32 Å². The van der Waals surface area contributed by atoms with E-state index in [9.17, 15) is 23.1 Å². The van der Waals surface area contributed by atoms with Gasteiger partial charge in [-0.05, 0) is 36.2 Å². The second-order valence-corrected chi connectivity index (χ2v) is 6.47. The third-order valence-electron chi connectivity index (χ3n) is 4.08. The van der Waals surface area contributed by atoms with Gasteiger partial charge in [0.1, 0.15) is 5.69 Å². The third-order valence-corrected chi connectivity index (χ3v) is 4.08. The van der Waals surface area contributed by atoms with Crippen molar-refractivity contribution in [3.05, 3.63) is 54.1 Å². The predicted octanol–water partition coefficient (Wildman–Crippen LogP) is 2.94. The van der Waals surface area contributed by atoms with Gasteiger partial charge in [0, 0.05) is 23.6 Å². The topological polar surface area (TPSA) is 102 Å². The number of halogens is 3. The Kier molecular flexibility index (Phi) is 6.01. The minimum absolute atomic E-state index is 0.0817. The van der Waals surface area contributed by atoms with Gasteiger partial charge in [0.2, 0.25) is 5.95 Å². The Balaban J connectivity index is 1.82. The van der Waals surface area contributed by atoms with Crippen LogP contribution in [0.4, 0.5) is 24.8 Å². The standard InChI is InChI=1S/C19H18F3N5O3/c1-11-5-12(13-8-24-27(9-13)10-15(28)17(29)30-2)7-14(6-11)25-18-23-4-3-16(26-18)19(20,21)22/h3-9,15,28H,10H2,1-2H3,(H,23,25,26). The van der Waals surface area contributed by atoms with Crippen molar-refractivity contribution in [1.29, 1.82) is 0 Å². The van der Waals surface area contributed by atoms with Crippen LogP contribution in [0.15, 0.2) is 42.9 Å². The lowest BCUT2D eigenvalue weighted by molar-refractivity contribution is -0.151. The highest BCUT2D eigenvalue weighted by Crippen LogP contribution is 2.29. The summed E-state index contributed by atoms with van der Waals surface area (Å²) in [5.41, 5.74) is 1.70. The molecule has 0 aliphatic carbocycles. The molecule has 0 radical (unpaired) electrons. The van der Waals surface area contributed by atoms with Crippen LogP contribution in [0.25, 0.3) is 11.1 Å². The summed E-state index contributed by atoms with van der Waals surface area (Å²) >= 11 is 0. The van der Waals surface area contributed by atoms with Crippen LogP contribution in [0.2, 0.25) is 0 Å². The smallest absolute Gasteiger partial charge is 0.433 e. The summed E-state index contributed by atoms with van der Waals surface area (Å²) < 4.78 is 44.4. The molecule has 3 aromatic rings. The average molecular weight is 421 g/mol. The Morgan fingerprint density at radius 1 is 1.30 bits per heavy atom. The number of aryl methyl sites for hydroxylation is 1. The van der Waals surface area contributed by atoms with Crippen LogP contribution in [-0.2, 0) is 22.3 Å². The van der Waals surface area contributed by atoms with E-state index in [1.807, 2.05) is 13.0 Å². The Morgan fingerprint density at radius 3 is 2.77 bits per heavy atom. The molecule has 0 saturated carbocycles. The summed E-state index contributed by atoms with van der Waals surface area (Å²) in [5.74, 6) is -0.951. The van der Waals surface area contributed by atoms with Gasteiger partial charge in [-0.15, -0.1) is 0 Å². The first-order valence-corrected chi connectivity index (χ1v) is 8.73. The number of ether oxygens (including phenoxy) is 1. The van der Waals surface area contributed by atoms with E-state index in [2.05, 4.69) is 25.1 Å². The number of nitrogens with one attached hydrogen (secondary N) is 1.